The molecule has 1 amide bonds. The molecule has 14 nitrogen and oxygen atoms in total. The number of amides is 1. The molecule has 2 rings (SSSR count). The molecule has 12 unspecified atom stereocenters. The number of aliphatic hydroxyl groups excluding tert-OH is 8. The first kappa shape index (κ1) is 68.2. The molecule has 12 atom stereocenters. The Morgan fingerprint density at radius 1 is 0.487 bits per heavy atom. The summed E-state index contributed by atoms with van der Waals surface area (Å²) in [6.07, 6.45) is 52.0. The van der Waals surface area contributed by atoms with Crippen LogP contribution in [0.4, 0.5) is 0 Å². The Morgan fingerprint density at radius 2 is 0.908 bits per heavy atom. The first-order chi connectivity index (χ1) is 37.1. The number of hydrogen-bond donors (Lipinski definition) is 9. The topological polar surface area (TPSA) is 228 Å². The van der Waals surface area contributed by atoms with E-state index in [4.69, 9.17) is 18.9 Å². The van der Waals surface area contributed by atoms with Crippen LogP contribution in [0.25, 0.3) is 0 Å². The van der Waals surface area contributed by atoms with Gasteiger partial charge in [0.2, 0.25) is 5.91 Å². The Kier molecular flexibility index (Phi) is 41.4. The SMILES string of the molecule is CC/C=C\C/C=C\C/C=C\C/C=C\C/C=C\C/C=C\C/C=C\C/C=C\C/C=C\C/C=C\CCCCCCCCCCC(=O)NC(COC1OC(CO)C(OC2OC(CO)C(O)C(O)C2O)C(O)C1O)C(O)/C=C/CCC. The van der Waals surface area contributed by atoms with Gasteiger partial charge in [-0.15, -0.1) is 0 Å². The molecule has 0 saturated carbocycles. The van der Waals surface area contributed by atoms with Gasteiger partial charge in [0.25, 0.3) is 0 Å². The zero-order valence-electron chi connectivity index (χ0n) is 45.9. The van der Waals surface area contributed by atoms with Gasteiger partial charge < -0.3 is 65.1 Å². The van der Waals surface area contributed by atoms with Gasteiger partial charge in [-0.1, -0.05) is 192 Å². The number of aliphatic hydroxyl groups is 8. The highest BCUT2D eigenvalue weighted by molar-refractivity contribution is 5.76. The Balaban J connectivity index is 1.53. The van der Waals surface area contributed by atoms with Crippen LogP contribution in [-0.2, 0) is 23.7 Å². The fourth-order valence-electron chi connectivity index (χ4n) is 8.26. The van der Waals surface area contributed by atoms with Gasteiger partial charge in [0.05, 0.1) is 32.0 Å². The van der Waals surface area contributed by atoms with Gasteiger partial charge in [-0.05, 0) is 89.9 Å². The lowest BCUT2D eigenvalue weighted by atomic mass is 9.97. The summed E-state index contributed by atoms with van der Waals surface area (Å²) in [5, 5.41) is 85.9. The second kappa shape index (κ2) is 46.1. The minimum absolute atomic E-state index is 0.259. The molecule has 0 radical (unpaired) electrons. The number of carbonyl (C=O) groups is 1. The molecule has 2 saturated heterocycles. The van der Waals surface area contributed by atoms with E-state index < -0.39 is 86.8 Å². The molecule has 2 aliphatic heterocycles. The van der Waals surface area contributed by atoms with Gasteiger partial charge in [-0.25, -0.2) is 0 Å². The molecule has 0 bridgehead atoms. The van der Waals surface area contributed by atoms with E-state index in [0.29, 0.717) is 12.8 Å². The molecule has 76 heavy (non-hydrogen) atoms. The molecule has 0 aromatic carbocycles. The van der Waals surface area contributed by atoms with Crippen LogP contribution in [0.15, 0.2) is 134 Å². The summed E-state index contributed by atoms with van der Waals surface area (Å²) in [7, 11) is 0. The van der Waals surface area contributed by atoms with Crippen molar-refractivity contribution in [3.05, 3.63) is 134 Å². The van der Waals surface area contributed by atoms with E-state index in [2.05, 4.69) is 134 Å². The maximum Gasteiger partial charge on any atom is 0.220 e. The minimum atomic E-state index is -1.79. The first-order valence-electron chi connectivity index (χ1n) is 28.4. The number of rotatable bonds is 42. The Labute approximate surface area is 456 Å². The normalized spacial score (nSPS) is 25.9. The fourth-order valence-corrected chi connectivity index (χ4v) is 8.26. The van der Waals surface area contributed by atoms with E-state index in [1.807, 2.05) is 6.92 Å². The van der Waals surface area contributed by atoms with Crippen LogP contribution >= 0.6 is 0 Å². The highest BCUT2D eigenvalue weighted by atomic mass is 16.7. The van der Waals surface area contributed by atoms with Crippen LogP contribution in [0.3, 0.4) is 0 Å². The van der Waals surface area contributed by atoms with Crippen molar-refractivity contribution in [2.75, 3.05) is 19.8 Å². The number of hydrogen-bond acceptors (Lipinski definition) is 13. The minimum Gasteiger partial charge on any atom is -0.394 e. The van der Waals surface area contributed by atoms with Crippen LogP contribution < -0.4 is 5.32 Å². The lowest BCUT2D eigenvalue weighted by molar-refractivity contribution is -0.359. The lowest BCUT2D eigenvalue weighted by Crippen LogP contribution is -2.65. The van der Waals surface area contributed by atoms with Crippen LogP contribution in [-0.4, -0.2) is 140 Å². The molecule has 0 aromatic rings. The summed E-state index contributed by atoms with van der Waals surface area (Å²) in [5.74, 6) is -0.268. The van der Waals surface area contributed by atoms with Gasteiger partial charge in [-0.2, -0.15) is 0 Å². The van der Waals surface area contributed by atoms with Crippen LogP contribution in [0.2, 0.25) is 0 Å². The lowest BCUT2D eigenvalue weighted by Gasteiger charge is -2.46. The van der Waals surface area contributed by atoms with Gasteiger partial charge in [0, 0.05) is 6.42 Å². The van der Waals surface area contributed by atoms with E-state index in [-0.39, 0.29) is 18.9 Å². The smallest absolute Gasteiger partial charge is 0.220 e. The third-order valence-corrected chi connectivity index (χ3v) is 12.8. The Bertz CT molecular complexity index is 1780. The number of allylic oxidation sites excluding steroid dienone is 21. The predicted octanol–water partition coefficient (Wildman–Crippen LogP) is 9.21. The quantitative estimate of drug-likeness (QED) is 0.0206. The summed E-state index contributed by atoms with van der Waals surface area (Å²) in [6, 6.07) is -0.923. The number of unbranched alkanes of at least 4 members (excludes halogenated alkanes) is 9. The van der Waals surface area contributed by atoms with E-state index in [1.165, 1.54) is 19.3 Å². The van der Waals surface area contributed by atoms with Crippen molar-refractivity contribution < 1.29 is 64.6 Å². The van der Waals surface area contributed by atoms with Crippen LogP contribution in [0.1, 0.15) is 155 Å². The van der Waals surface area contributed by atoms with Gasteiger partial charge in [-0.3, -0.25) is 4.79 Å². The molecular weight excluding hydrogens is 967 g/mol. The predicted molar refractivity (Wildman–Crippen MR) is 304 cm³/mol. The van der Waals surface area contributed by atoms with Gasteiger partial charge in [0.1, 0.15) is 48.8 Å². The maximum absolute atomic E-state index is 13.0. The third-order valence-electron chi connectivity index (χ3n) is 12.8. The van der Waals surface area contributed by atoms with Crippen molar-refractivity contribution in [2.24, 2.45) is 0 Å². The largest absolute Gasteiger partial charge is 0.394 e. The Hall–Kier alpha value is -3.87. The zero-order chi connectivity index (χ0) is 55.3. The summed E-state index contributed by atoms with van der Waals surface area (Å²) in [4.78, 5) is 13.0. The van der Waals surface area contributed by atoms with Crippen molar-refractivity contribution in [3.8, 4) is 0 Å². The van der Waals surface area contributed by atoms with Crippen LogP contribution in [0.5, 0.6) is 0 Å². The molecule has 2 aliphatic rings. The van der Waals surface area contributed by atoms with E-state index in [9.17, 15) is 45.6 Å². The third kappa shape index (κ3) is 31.5. The van der Waals surface area contributed by atoms with Crippen molar-refractivity contribution in [1.29, 1.82) is 0 Å². The van der Waals surface area contributed by atoms with Gasteiger partial charge >= 0.3 is 0 Å². The molecule has 430 valence electrons. The number of nitrogens with one attached hydrogen (secondary N) is 1. The first-order valence-corrected chi connectivity index (χ1v) is 28.4. The van der Waals surface area contributed by atoms with Gasteiger partial charge in [0.15, 0.2) is 12.6 Å². The Morgan fingerprint density at radius 3 is 1.37 bits per heavy atom. The monoisotopic (exact) mass is 1070 g/mol. The number of ether oxygens (including phenoxy) is 4. The molecule has 0 spiro atoms. The van der Waals surface area contributed by atoms with Crippen molar-refractivity contribution in [3.63, 3.8) is 0 Å². The molecule has 2 fully saturated rings. The summed E-state index contributed by atoms with van der Waals surface area (Å²) >= 11 is 0. The summed E-state index contributed by atoms with van der Waals surface area (Å²) in [5.41, 5.74) is 0. The highest BCUT2D eigenvalue weighted by Gasteiger charge is 2.51. The molecular formula is C62H99NO13. The second-order valence-electron chi connectivity index (χ2n) is 19.3. The molecule has 9 N–H and O–H groups in total. The summed E-state index contributed by atoms with van der Waals surface area (Å²) in [6.45, 7) is 2.40. The van der Waals surface area contributed by atoms with E-state index in [1.54, 1.807) is 12.2 Å². The van der Waals surface area contributed by atoms with Crippen LogP contribution in [0, 0.1) is 0 Å². The average molecular weight is 1070 g/mol. The standard InChI is InChI=1S/C62H99NO13/c1-3-5-7-8-9-10-11-12-13-14-15-16-17-18-19-20-21-22-23-24-25-26-27-28-29-30-31-32-33-34-35-36-37-38-39-40-41-42-44-46-54(67)63-50(51(66)45-43-6-4-2)49-73-61-59(72)57(70)60(53(48-65)75-61)76-62-58(71)56(69)55(68)52(47-64)74-62/h5,7,9-10,12-13,15-16,18-19,21-22,24-25,27-28,30-31,33-34,43,45,50-53,55-62,64-66,68-72H,3-4,6,8,11,14,17,20,23,26,29,32,35-42,44,46-49H2,1-2H3,(H,63,67)/b7-5-,10-9-,13-12-,16-15-,19-18-,22-21-,25-24-,28-27-,31-30-,34-33-,45-43+. The average Bonchev–Trinajstić information content (AvgIpc) is 3.42. The molecule has 14 heteroatoms. The molecule has 2 heterocycles. The molecule has 0 aromatic heterocycles. The van der Waals surface area contributed by atoms with E-state index in [0.717, 1.165) is 103 Å². The zero-order valence-corrected chi connectivity index (χ0v) is 45.9. The van der Waals surface area contributed by atoms with Crippen molar-refractivity contribution in [1.82, 2.24) is 5.32 Å². The summed E-state index contributed by atoms with van der Waals surface area (Å²) < 4.78 is 22.5. The molecule has 0 aliphatic carbocycles. The fraction of sp³-hybridized carbons (Fsp3) is 0.629. The van der Waals surface area contributed by atoms with Crippen molar-refractivity contribution in [2.45, 2.75) is 229 Å². The highest BCUT2D eigenvalue weighted by Crippen LogP contribution is 2.30. The van der Waals surface area contributed by atoms with E-state index >= 15 is 0 Å². The maximum atomic E-state index is 13.0. The number of carbonyl (C=O) groups excluding carboxylic acids is 1. The second-order valence-corrected chi connectivity index (χ2v) is 19.3. The van der Waals surface area contributed by atoms with Crippen molar-refractivity contribution >= 4 is 5.91 Å².